The van der Waals surface area contributed by atoms with Gasteiger partial charge in [0.1, 0.15) is 0 Å². The number of nitrogens with one attached hydrogen (secondary N) is 2. The van der Waals surface area contributed by atoms with Gasteiger partial charge in [-0.3, -0.25) is 18.9 Å². The van der Waals surface area contributed by atoms with E-state index >= 15 is 0 Å². The van der Waals surface area contributed by atoms with Gasteiger partial charge in [-0.1, -0.05) is 42.2 Å². The average Bonchev–Trinajstić information content (AvgIpc) is 3.03. The van der Waals surface area contributed by atoms with Gasteiger partial charge in [-0.05, 0) is 23.8 Å². The summed E-state index contributed by atoms with van der Waals surface area (Å²) >= 11 is 0. The third-order valence-corrected chi connectivity index (χ3v) is 7.90. The molecule has 3 amide bonds. The SMILES string of the molecule is NCCOCCOCCOCCOCCC(=O)NCC(C(=O)NCCC(=O)N1Cc2ccccc2C#Cc2ccccc21)S(=O)(=O)O. The van der Waals surface area contributed by atoms with Crippen LogP contribution in [0.5, 0.6) is 0 Å². The maximum Gasteiger partial charge on any atom is 0.278 e. The Morgan fingerprint density at radius 1 is 0.809 bits per heavy atom. The van der Waals surface area contributed by atoms with Crippen LogP contribution in [-0.4, -0.2) is 108 Å². The van der Waals surface area contributed by atoms with Gasteiger partial charge in [0.15, 0.2) is 5.25 Å². The van der Waals surface area contributed by atoms with Crippen molar-refractivity contribution in [3.05, 3.63) is 65.2 Å². The number of nitrogens with two attached hydrogens (primary N) is 1. The fourth-order valence-electron chi connectivity index (χ4n) is 4.39. The highest BCUT2D eigenvalue weighted by Gasteiger charge is 2.31. The predicted octanol–water partition coefficient (Wildman–Crippen LogP) is 0.227. The van der Waals surface area contributed by atoms with Gasteiger partial charge in [0.25, 0.3) is 10.1 Å². The van der Waals surface area contributed by atoms with Gasteiger partial charge < -0.3 is 40.2 Å². The van der Waals surface area contributed by atoms with Crippen molar-refractivity contribution < 1.29 is 46.3 Å². The van der Waals surface area contributed by atoms with Crippen LogP contribution >= 0.6 is 0 Å². The standard InChI is InChI=1S/C32H42N4O10S/c33-13-16-44-18-20-46-22-21-45-19-17-43-15-12-30(37)35-23-29(47(40,41)42)32(39)34-14-11-31(38)36-24-27-7-2-1-5-25(27)9-10-26-6-3-4-8-28(26)36/h1-8,29H,11-24,33H2,(H,34,39)(H,35,37)(H,40,41,42). The van der Waals surface area contributed by atoms with E-state index in [1.165, 1.54) is 0 Å². The summed E-state index contributed by atoms with van der Waals surface area (Å²) in [6.45, 7) is 2.54. The van der Waals surface area contributed by atoms with Crippen LogP contribution in [0.4, 0.5) is 5.69 Å². The first-order valence-corrected chi connectivity index (χ1v) is 16.7. The van der Waals surface area contributed by atoms with E-state index in [4.69, 9.17) is 24.7 Å². The number of hydrogen-bond acceptors (Lipinski definition) is 10. The van der Waals surface area contributed by atoms with Gasteiger partial charge in [-0.2, -0.15) is 8.42 Å². The van der Waals surface area contributed by atoms with Crippen molar-refractivity contribution in [2.75, 3.05) is 77.4 Å². The van der Waals surface area contributed by atoms with E-state index in [1.807, 2.05) is 36.4 Å². The second-order valence-electron chi connectivity index (χ2n) is 10.2. The van der Waals surface area contributed by atoms with Crippen molar-refractivity contribution in [2.45, 2.75) is 24.6 Å². The zero-order valence-corrected chi connectivity index (χ0v) is 27.0. The third-order valence-electron chi connectivity index (χ3n) is 6.80. The van der Waals surface area contributed by atoms with E-state index in [9.17, 15) is 27.4 Å². The lowest BCUT2D eigenvalue weighted by atomic mass is 10.0. The first kappa shape index (κ1) is 37.6. The molecule has 15 heteroatoms. The first-order chi connectivity index (χ1) is 22.7. The Morgan fingerprint density at radius 2 is 1.38 bits per heavy atom. The van der Waals surface area contributed by atoms with Crippen LogP contribution in [0, 0.1) is 11.8 Å². The molecule has 47 heavy (non-hydrogen) atoms. The highest BCUT2D eigenvalue weighted by Crippen LogP contribution is 2.25. The van der Waals surface area contributed by atoms with Crippen molar-refractivity contribution in [2.24, 2.45) is 5.73 Å². The van der Waals surface area contributed by atoms with E-state index < -0.39 is 33.7 Å². The van der Waals surface area contributed by atoms with Crippen LogP contribution in [0.25, 0.3) is 0 Å². The highest BCUT2D eigenvalue weighted by atomic mass is 32.2. The van der Waals surface area contributed by atoms with Crippen molar-refractivity contribution >= 4 is 33.5 Å². The fraction of sp³-hybridized carbons (Fsp3) is 0.469. The molecule has 14 nitrogen and oxygen atoms in total. The average molecular weight is 675 g/mol. The molecule has 5 N–H and O–H groups in total. The molecular weight excluding hydrogens is 632 g/mol. The number of carbonyl (C=O) groups is 3. The molecule has 0 saturated heterocycles. The molecule has 0 saturated carbocycles. The lowest BCUT2D eigenvalue weighted by molar-refractivity contribution is -0.122. The van der Waals surface area contributed by atoms with Gasteiger partial charge >= 0.3 is 0 Å². The minimum absolute atomic E-state index is 0.0325. The Hall–Kier alpha value is -3.88. The van der Waals surface area contributed by atoms with Crippen LogP contribution in [0.3, 0.4) is 0 Å². The molecule has 0 spiro atoms. The van der Waals surface area contributed by atoms with Crippen molar-refractivity contribution in [3.63, 3.8) is 0 Å². The van der Waals surface area contributed by atoms with Crippen LogP contribution in [0.15, 0.2) is 48.5 Å². The van der Waals surface area contributed by atoms with Gasteiger partial charge in [-0.15, -0.1) is 0 Å². The normalized spacial score (nSPS) is 12.9. The topological polar surface area (TPSA) is 196 Å². The zero-order chi connectivity index (χ0) is 33.9. The van der Waals surface area contributed by atoms with Crippen LogP contribution < -0.4 is 21.3 Å². The number of amides is 3. The largest absolute Gasteiger partial charge is 0.379 e. The Labute approximate surface area is 275 Å². The third kappa shape index (κ3) is 13.4. The summed E-state index contributed by atoms with van der Waals surface area (Å²) in [5.41, 5.74) is 8.26. The zero-order valence-electron chi connectivity index (χ0n) is 26.1. The predicted molar refractivity (Wildman–Crippen MR) is 173 cm³/mol. The Kier molecular flexibility index (Phi) is 16.3. The summed E-state index contributed by atoms with van der Waals surface area (Å²) in [5.74, 6) is 4.30. The Morgan fingerprint density at radius 3 is 2.04 bits per heavy atom. The van der Waals surface area contributed by atoms with E-state index in [1.54, 1.807) is 17.0 Å². The van der Waals surface area contributed by atoms with E-state index in [0.29, 0.717) is 50.8 Å². The molecular formula is C32H42N4O10S. The van der Waals surface area contributed by atoms with Crippen molar-refractivity contribution in [3.8, 4) is 11.8 Å². The second kappa shape index (κ2) is 20.4. The number of para-hydroxylation sites is 1. The lowest BCUT2D eigenvalue weighted by Gasteiger charge is -2.26. The molecule has 1 aliphatic rings. The summed E-state index contributed by atoms with van der Waals surface area (Å²) in [7, 11) is -4.87. The number of ether oxygens (including phenoxy) is 4. The summed E-state index contributed by atoms with van der Waals surface area (Å²) in [5, 5.41) is 2.75. The highest BCUT2D eigenvalue weighted by molar-refractivity contribution is 7.87. The lowest BCUT2D eigenvalue weighted by Crippen LogP contribution is -2.47. The minimum Gasteiger partial charge on any atom is -0.379 e. The molecule has 0 aliphatic carbocycles. The van der Waals surface area contributed by atoms with Crippen LogP contribution in [-0.2, 0) is 50.0 Å². The maximum atomic E-state index is 13.3. The Balaban J connectivity index is 1.38. The number of carbonyl (C=O) groups excluding carboxylic acids is 3. The van der Waals surface area contributed by atoms with E-state index in [0.717, 1.165) is 11.1 Å². The Bertz CT molecular complexity index is 1490. The molecule has 2 aromatic rings. The number of benzene rings is 2. The molecule has 1 aliphatic heterocycles. The molecule has 3 rings (SSSR count). The van der Waals surface area contributed by atoms with Gasteiger partial charge in [0.05, 0.1) is 65.1 Å². The molecule has 0 bridgehead atoms. The molecule has 0 aromatic heterocycles. The number of hydrogen-bond donors (Lipinski definition) is 4. The minimum atomic E-state index is -4.87. The monoisotopic (exact) mass is 674 g/mol. The molecule has 1 unspecified atom stereocenters. The van der Waals surface area contributed by atoms with Crippen molar-refractivity contribution in [1.29, 1.82) is 0 Å². The quantitative estimate of drug-likeness (QED) is 0.0804. The second-order valence-corrected chi connectivity index (χ2v) is 11.8. The summed E-state index contributed by atoms with van der Waals surface area (Å²) in [6, 6.07) is 14.7. The molecule has 1 heterocycles. The van der Waals surface area contributed by atoms with Crippen LogP contribution in [0.2, 0.25) is 0 Å². The van der Waals surface area contributed by atoms with Gasteiger partial charge in [-0.25, -0.2) is 0 Å². The number of nitrogens with zero attached hydrogens (tertiary/aromatic N) is 1. The summed E-state index contributed by atoms with van der Waals surface area (Å²) < 4.78 is 54.7. The van der Waals surface area contributed by atoms with Crippen molar-refractivity contribution in [1.82, 2.24) is 10.6 Å². The molecule has 1 atom stereocenters. The summed E-state index contributed by atoms with van der Waals surface area (Å²) in [4.78, 5) is 39.8. The number of anilines is 1. The van der Waals surface area contributed by atoms with Gasteiger partial charge in [0.2, 0.25) is 17.7 Å². The fourth-order valence-corrected chi connectivity index (χ4v) is 5.03. The number of rotatable bonds is 21. The molecule has 2 aromatic carbocycles. The molecule has 0 radical (unpaired) electrons. The molecule has 256 valence electrons. The number of fused-ring (bicyclic) bond motifs is 2. The van der Waals surface area contributed by atoms with E-state index in [2.05, 4.69) is 22.5 Å². The first-order valence-electron chi connectivity index (χ1n) is 15.2. The summed E-state index contributed by atoms with van der Waals surface area (Å²) in [6.07, 6.45) is -0.260. The van der Waals surface area contributed by atoms with Gasteiger partial charge in [0, 0.05) is 43.6 Å². The molecule has 0 fully saturated rings. The maximum absolute atomic E-state index is 13.3. The van der Waals surface area contributed by atoms with E-state index in [-0.39, 0.29) is 51.7 Å². The smallest absolute Gasteiger partial charge is 0.278 e. The van der Waals surface area contributed by atoms with Crippen LogP contribution in [0.1, 0.15) is 29.5 Å².